The molecule has 0 amide bonds. The Morgan fingerprint density at radius 2 is 1.32 bits per heavy atom. The van der Waals surface area contributed by atoms with E-state index in [4.69, 9.17) is 4.98 Å². The number of rotatable bonds is 6. The van der Waals surface area contributed by atoms with Gasteiger partial charge in [-0.25, -0.2) is 4.98 Å². The molecular formula is C33H21N3OS. The van der Waals surface area contributed by atoms with Crippen LogP contribution in [0.2, 0.25) is 0 Å². The lowest BCUT2D eigenvalue weighted by Gasteiger charge is -2.22. The Balaban J connectivity index is 1.57. The summed E-state index contributed by atoms with van der Waals surface area (Å²) in [7, 11) is 0. The van der Waals surface area contributed by atoms with E-state index in [1.165, 1.54) is 11.3 Å². The molecule has 1 aromatic heterocycles. The van der Waals surface area contributed by atoms with Crippen LogP contribution in [0.4, 0.5) is 16.5 Å². The molecule has 4 nitrogen and oxygen atoms in total. The summed E-state index contributed by atoms with van der Waals surface area (Å²) in [6, 6.07) is 43.1. The first-order valence-corrected chi connectivity index (χ1v) is 13.0. The fraction of sp³-hybridized carbons (Fsp3) is 0. The minimum Gasteiger partial charge on any atom is -0.288 e. The summed E-state index contributed by atoms with van der Waals surface area (Å²) in [6.45, 7) is 0. The molecule has 0 radical (unpaired) electrons. The van der Waals surface area contributed by atoms with Gasteiger partial charge in [0.1, 0.15) is 4.88 Å². The molecule has 0 saturated heterocycles. The molecule has 0 aliphatic carbocycles. The molecule has 0 N–H and O–H groups in total. The molecule has 1 heterocycles. The number of hydrogen-bond acceptors (Lipinski definition) is 5. The second kappa shape index (κ2) is 10.1. The molecule has 0 saturated carbocycles. The van der Waals surface area contributed by atoms with Gasteiger partial charge in [0.15, 0.2) is 5.13 Å². The number of aromatic nitrogens is 1. The van der Waals surface area contributed by atoms with Crippen LogP contribution >= 0.6 is 11.3 Å². The Bertz CT molecular complexity index is 1740. The maximum atomic E-state index is 14.2. The lowest BCUT2D eigenvalue weighted by Crippen LogP contribution is -2.09. The molecule has 0 aliphatic heterocycles. The van der Waals surface area contributed by atoms with Gasteiger partial charge in [-0.1, -0.05) is 102 Å². The minimum atomic E-state index is -0.0778. The normalized spacial score (nSPS) is 10.7. The molecular weight excluding hydrogens is 486 g/mol. The molecule has 0 spiro atoms. The average molecular weight is 508 g/mol. The van der Waals surface area contributed by atoms with Gasteiger partial charge in [0.2, 0.25) is 5.78 Å². The molecule has 0 unspecified atom stereocenters. The third-order valence-corrected chi connectivity index (χ3v) is 7.40. The molecule has 6 rings (SSSR count). The minimum absolute atomic E-state index is 0.0778. The van der Waals surface area contributed by atoms with Crippen molar-refractivity contribution >= 4 is 44.4 Å². The smallest absolute Gasteiger partial charge is 0.205 e. The predicted molar refractivity (Wildman–Crippen MR) is 154 cm³/mol. The van der Waals surface area contributed by atoms with Crippen LogP contribution in [0.15, 0.2) is 127 Å². The number of fused-ring (bicyclic) bond motifs is 1. The van der Waals surface area contributed by atoms with E-state index in [9.17, 15) is 10.1 Å². The van der Waals surface area contributed by atoms with Gasteiger partial charge in [0.25, 0.3) is 0 Å². The number of hydrogen-bond donors (Lipinski definition) is 0. The number of carbonyl (C=O) groups is 1. The summed E-state index contributed by atoms with van der Waals surface area (Å²) in [5, 5.41) is 11.9. The van der Waals surface area contributed by atoms with Crippen molar-refractivity contribution in [1.29, 1.82) is 5.26 Å². The first kappa shape index (κ1) is 23.4. The summed E-state index contributed by atoms with van der Waals surface area (Å²) in [6.07, 6.45) is 0. The van der Waals surface area contributed by atoms with E-state index in [1.54, 1.807) is 12.1 Å². The Morgan fingerprint density at radius 1 is 0.711 bits per heavy atom. The maximum absolute atomic E-state index is 14.2. The number of thiazole rings is 1. The van der Waals surface area contributed by atoms with Crippen molar-refractivity contribution in [2.45, 2.75) is 0 Å². The van der Waals surface area contributed by atoms with E-state index in [1.807, 2.05) is 115 Å². The van der Waals surface area contributed by atoms with Crippen LogP contribution in [-0.2, 0) is 0 Å². The second-order valence-corrected chi connectivity index (χ2v) is 9.70. The lowest BCUT2D eigenvalue weighted by atomic mass is 9.99. The van der Waals surface area contributed by atoms with Crippen LogP contribution < -0.4 is 4.90 Å². The van der Waals surface area contributed by atoms with Crippen LogP contribution in [0.3, 0.4) is 0 Å². The number of benzene rings is 5. The van der Waals surface area contributed by atoms with E-state index in [0.29, 0.717) is 26.8 Å². The monoisotopic (exact) mass is 507 g/mol. The summed E-state index contributed by atoms with van der Waals surface area (Å²) in [4.78, 5) is 21.9. The highest BCUT2D eigenvalue weighted by atomic mass is 32.1. The first-order valence-electron chi connectivity index (χ1n) is 12.2. The average Bonchev–Trinajstić information content (AvgIpc) is 3.42. The number of anilines is 3. The Labute approximate surface area is 224 Å². The van der Waals surface area contributed by atoms with Gasteiger partial charge in [0.05, 0.1) is 17.3 Å². The summed E-state index contributed by atoms with van der Waals surface area (Å²) in [5.41, 5.74) is 4.48. The van der Waals surface area contributed by atoms with Crippen molar-refractivity contribution in [2.75, 3.05) is 4.90 Å². The quantitative estimate of drug-likeness (QED) is 0.212. The molecule has 6 aromatic rings. The molecule has 0 aliphatic rings. The van der Waals surface area contributed by atoms with E-state index in [2.05, 4.69) is 11.0 Å². The van der Waals surface area contributed by atoms with Crippen LogP contribution in [0.1, 0.15) is 20.8 Å². The van der Waals surface area contributed by atoms with Crippen molar-refractivity contribution in [3.05, 3.63) is 143 Å². The summed E-state index contributed by atoms with van der Waals surface area (Å²) >= 11 is 1.37. The van der Waals surface area contributed by atoms with E-state index in [0.717, 1.165) is 27.7 Å². The van der Waals surface area contributed by atoms with Crippen LogP contribution in [0, 0.1) is 11.3 Å². The van der Waals surface area contributed by atoms with Gasteiger partial charge < -0.3 is 0 Å². The van der Waals surface area contributed by atoms with Gasteiger partial charge in [-0.3, -0.25) is 9.69 Å². The topological polar surface area (TPSA) is 57.0 Å². The van der Waals surface area contributed by atoms with Gasteiger partial charge in [0, 0.05) is 22.5 Å². The Morgan fingerprint density at radius 3 is 1.97 bits per heavy atom. The highest BCUT2D eigenvalue weighted by Gasteiger charge is 2.26. The predicted octanol–water partition coefficient (Wildman–Crippen LogP) is 8.54. The summed E-state index contributed by atoms with van der Waals surface area (Å²) in [5.74, 6) is -0.0778. The standard InChI is InChI=1S/C33H21N3OS/c34-22-23-18-20-25(21-19-23)30-32(31(37)29-17-9-11-24-10-7-8-16-28(24)29)38-33(35-30)36(26-12-3-1-4-13-26)27-14-5-2-6-15-27/h1-21H. The largest absolute Gasteiger partial charge is 0.288 e. The van der Waals surface area contributed by atoms with Gasteiger partial charge in [-0.05, 0) is 47.2 Å². The van der Waals surface area contributed by atoms with Crippen molar-refractivity contribution in [3.63, 3.8) is 0 Å². The van der Waals surface area contributed by atoms with Crippen LogP contribution in [0.25, 0.3) is 22.0 Å². The summed E-state index contributed by atoms with van der Waals surface area (Å²) < 4.78 is 0. The van der Waals surface area contributed by atoms with Crippen LogP contribution in [-0.4, -0.2) is 10.8 Å². The third kappa shape index (κ3) is 4.34. The molecule has 0 bridgehead atoms. The van der Waals surface area contributed by atoms with Gasteiger partial charge in [-0.2, -0.15) is 5.26 Å². The molecule has 38 heavy (non-hydrogen) atoms. The highest BCUT2D eigenvalue weighted by molar-refractivity contribution is 7.18. The molecule has 5 aromatic carbocycles. The number of ketones is 1. The first-order chi connectivity index (χ1) is 18.7. The molecule has 0 atom stereocenters. The van der Waals surface area contributed by atoms with Crippen molar-refractivity contribution in [3.8, 4) is 17.3 Å². The van der Waals surface area contributed by atoms with Gasteiger partial charge >= 0.3 is 0 Å². The highest BCUT2D eigenvalue weighted by Crippen LogP contribution is 2.42. The van der Waals surface area contributed by atoms with Gasteiger partial charge in [-0.15, -0.1) is 0 Å². The van der Waals surface area contributed by atoms with Crippen molar-refractivity contribution in [1.82, 2.24) is 4.98 Å². The zero-order valence-electron chi connectivity index (χ0n) is 20.3. The molecule has 5 heteroatoms. The Kier molecular flexibility index (Phi) is 6.23. The van der Waals surface area contributed by atoms with E-state index in [-0.39, 0.29) is 5.78 Å². The maximum Gasteiger partial charge on any atom is 0.205 e. The van der Waals surface area contributed by atoms with E-state index < -0.39 is 0 Å². The SMILES string of the molecule is N#Cc1ccc(-c2nc(N(c3ccccc3)c3ccccc3)sc2C(=O)c2cccc3ccccc23)cc1. The number of nitrogens with zero attached hydrogens (tertiary/aromatic N) is 3. The lowest BCUT2D eigenvalue weighted by molar-refractivity contribution is 0.104. The fourth-order valence-corrected chi connectivity index (χ4v) is 5.61. The molecule has 180 valence electrons. The number of para-hydroxylation sites is 2. The fourth-order valence-electron chi connectivity index (χ4n) is 4.53. The zero-order chi connectivity index (χ0) is 25.9. The third-order valence-electron chi connectivity index (χ3n) is 6.36. The number of nitriles is 1. The number of carbonyl (C=O) groups excluding carboxylic acids is 1. The molecule has 0 fully saturated rings. The van der Waals surface area contributed by atoms with Crippen LogP contribution in [0.5, 0.6) is 0 Å². The second-order valence-electron chi connectivity index (χ2n) is 8.73. The Hall–Kier alpha value is -5.05. The van der Waals surface area contributed by atoms with Crippen molar-refractivity contribution in [2.24, 2.45) is 0 Å². The zero-order valence-corrected chi connectivity index (χ0v) is 21.1. The van der Waals surface area contributed by atoms with Crippen molar-refractivity contribution < 1.29 is 4.79 Å². The van der Waals surface area contributed by atoms with E-state index >= 15 is 0 Å².